The van der Waals surface area contributed by atoms with Crippen LogP contribution >= 0.6 is 0 Å². The maximum Gasteiger partial charge on any atom is 0.314 e. The fourth-order valence-electron chi connectivity index (χ4n) is 4.13. The van der Waals surface area contributed by atoms with Crippen molar-refractivity contribution >= 4 is 22.7 Å². The number of piperazine rings is 1. The summed E-state index contributed by atoms with van der Waals surface area (Å²) >= 11 is 0. The third-order valence-corrected chi connectivity index (χ3v) is 5.63. The summed E-state index contributed by atoms with van der Waals surface area (Å²) in [5.41, 5.74) is 1.15. The van der Waals surface area contributed by atoms with Crippen LogP contribution in [0.3, 0.4) is 0 Å². The van der Waals surface area contributed by atoms with Crippen molar-refractivity contribution in [3.05, 3.63) is 44.5 Å². The van der Waals surface area contributed by atoms with Crippen LogP contribution in [0.4, 0.5) is 22.7 Å². The van der Waals surface area contributed by atoms with Crippen LogP contribution in [0.2, 0.25) is 0 Å². The Hall–Kier alpha value is -3.96. The molecule has 12 nitrogen and oxygen atoms in total. The number of ether oxygens (including phenoxy) is 4. The zero-order valence-electron chi connectivity index (χ0n) is 21.0. The fourth-order valence-corrected chi connectivity index (χ4v) is 4.13. The van der Waals surface area contributed by atoms with E-state index in [-0.39, 0.29) is 22.9 Å². The number of hydrogen-bond acceptors (Lipinski definition) is 10. The molecule has 0 aromatic heterocycles. The molecule has 1 saturated heterocycles. The highest BCUT2D eigenvalue weighted by Crippen LogP contribution is 2.43. The molecule has 36 heavy (non-hydrogen) atoms. The van der Waals surface area contributed by atoms with E-state index in [0.29, 0.717) is 75.5 Å². The smallest absolute Gasteiger partial charge is 0.314 e. The Morgan fingerprint density at radius 2 is 0.917 bits per heavy atom. The van der Waals surface area contributed by atoms with Gasteiger partial charge in [-0.1, -0.05) is 0 Å². The van der Waals surface area contributed by atoms with Gasteiger partial charge in [0.05, 0.1) is 59.8 Å². The van der Waals surface area contributed by atoms with Gasteiger partial charge in [0.15, 0.2) is 11.5 Å². The van der Waals surface area contributed by atoms with Gasteiger partial charge >= 0.3 is 11.4 Å². The third kappa shape index (κ3) is 5.81. The van der Waals surface area contributed by atoms with Gasteiger partial charge < -0.3 is 28.7 Å². The van der Waals surface area contributed by atoms with Crippen molar-refractivity contribution in [2.45, 2.75) is 27.7 Å². The lowest BCUT2D eigenvalue weighted by molar-refractivity contribution is -0.386. The first kappa shape index (κ1) is 26.6. The van der Waals surface area contributed by atoms with Crippen molar-refractivity contribution in [2.24, 2.45) is 0 Å². The lowest BCUT2D eigenvalue weighted by Gasteiger charge is -2.38. The molecule has 0 N–H and O–H groups in total. The predicted molar refractivity (Wildman–Crippen MR) is 135 cm³/mol. The molecule has 0 saturated carbocycles. The van der Waals surface area contributed by atoms with Crippen LogP contribution < -0.4 is 28.7 Å². The van der Waals surface area contributed by atoms with Crippen molar-refractivity contribution in [3.8, 4) is 23.0 Å². The number of nitrogens with zero attached hydrogens (tertiary/aromatic N) is 4. The lowest BCUT2D eigenvalue weighted by atomic mass is 10.1. The molecule has 3 rings (SSSR count). The van der Waals surface area contributed by atoms with Gasteiger partial charge in [-0.2, -0.15) is 0 Å². The number of hydrogen-bond donors (Lipinski definition) is 0. The SMILES string of the molecule is CCOc1cc([N+](=O)[O-])c(OCC)cc1N1CCN(c2cc(OCC)c([N+](=O)[O-])cc2OCC)CC1. The molecule has 0 unspecified atom stereocenters. The molecule has 196 valence electrons. The van der Waals surface area contributed by atoms with Gasteiger partial charge in [0, 0.05) is 38.3 Å². The van der Waals surface area contributed by atoms with Crippen LogP contribution in [0.5, 0.6) is 23.0 Å². The van der Waals surface area contributed by atoms with E-state index in [1.807, 2.05) is 13.8 Å². The van der Waals surface area contributed by atoms with E-state index in [4.69, 9.17) is 18.9 Å². The van der Waals surface area contributed by atoms with Crippen LogP contribution in [0.25, 0.3) is 0 Å². The normalized spacial score (nSPS) is 13.3. The van der Waals surface area contributed by atoms with E-state index in [9.17, 15) is 20.2 Å². The Labute approximate surface area is 209 Å². The number of nitro groups is 2. The van der Waals surface area contributed by atoms with Gasteiger partial charge in [0.1, 0.15) is 11.5 Å². The molecule has 1 fully saturated rings. The molecule has 0 amide bonds. The highest BCUT2D eigenvalue weighted by atomic mass is 16.6. The van der Waals surface area contributed by atoms with Crippen molar-refractivity contribution in [2.75, 3.05) is 62.4 Å². The number of rotatable bonds is 12. The van der Waals surface area contributed by atoms with Gasteiger partial charge in [-0.3, -0.25) is 20.2 Å². The quantitative estimate of drug-likeness (QED) is 0.302. The summed E-state index contributed by atoms with van der Waals surface area (Å²) in [5, 5.41) is 23.1. The second-order valence-corrected chi connectivity index (χ2v) is 7.80. The van der Waals surface area contributed by atoms with Crippen molar-refractivity contribution < 1.29 is 28.8 Å². The van der Waals surface area contributed by atoms with Gasteiger partial charge in [0.2, 0.25) is 0 Å². The first-order valence-corrected chi connectivity index (χ1v) is 12.0. The Balaban J connectivity index is 1.91. The van der Waals surface area contributed by atoms with Crippen molar-refractivity contribution in [1.82, 2.24) is 0 Å². The van der Waals surface area contributed by atoms with E-state index in [0.717, 1.165) is 0 Å². The third-order valence-electron chi connectivity index (χ3n) is 5.63. The summed E-state index contributed by atoms with van der Waals surface area (Å²) in [6.07, 6.45) is 0. The Bertz CT molecular complexity index is 1000. The molecular weight excluding hydrogens is 472 g/mol. The molecule has 0 bridgehead atoms. The number of nitro benzene ring substituents is 2. The summed E-state index contributed by atoms with van der Waals surface area (Å²) in [5.74, 6) is 1.23. The lowest BCUT2D eigenvalue weighted by Crippen LogP contribution is -2.46. The van der Waals surface area contributed by atoms with Crippen LogP contribution in [0.1, 0.15) is 27.7 Å². The standard InChI is InChI=1S/C24H32N4O8/c1-5-33-21-15-19(27(29)30)23(35-7-3)13-17(21)25-9-11-26(12-10-25)18-14-24(36-8-4)20(28(31)32)16-22(18)34-6-2/h13-16H,5-12H2,1-4H3. The Morgan fingerprint density at radius 1 is 0.611 bits per heavy atom. The number of benzene rings is 2. The first-order valence-electron chi connectivity index (χ1n) is 12.0. The van der Waals surface area contributed by atoms with Crippen LogP contribution in [-0.2, 0) is 0 Å². The molecule has 2 aromatic rings. The monoisotopic (exact) mass is 504 g/mol. The predicted octanol–water partition coefficient (Wildman–Crippen LogP) is 4.42. The molecule has 1 aliphatic rings. The fraction of sp³-hybridized carbons (Fsp3) is 0.500. The van der Waals surface area contributed by atoms with E-state index < -0.39 is 9.85 Å². The minimum absolute atomic E-state index is 0.140. The van der Waals surface area contributed by atoms with Crippen LogP contribution in [-0.4, -0.2) is 62.5 Å². The summed E-state index contributed by atoms with van der Waals surface area (Å²) in [6.45, 7) is 10.8. The van der Waals surface area contributed by atoms with Gasteiger partial charge in [0.25, 0.3) is 0 Å². The molecule has 0 atom stereocenters. The molecule has 0 spiro atoms. The largest absolute Gasteiger partial charge is 0.491 e. The van der Waals surface area contributed by atoms with Crippen molar-refractivity contribution in [1.29, 1.82) is 0 Å². The van der Waals surface area contributed by atoms with Gasteiger partial charge in [-0.05, 0) is 27.7 Å². The first-order chi connectivity index (χ1) is 17.3. The number of anilines is 2. The second-order valence-electron chi connectivity index (χ2n) is 7.80. The Morgan fingerprint density at radius 3 is 1.19 bits per heavy atom. The van der Waals surface area contributed by atoms with Gasteiger partial charge in [-0.25, -0.2) is 0 Å². The molecule has 0 aliphatic carbocycles. The minimum atomic E-state index is -0.477. The zero-order chi connectivity index (χ0) is 26.2. The summed E-state index contributed by atoms with van der Waals surface area (Å²) in [6, 6.07) is 6.14. The molecular formula is C24H32N4O8. The van der Waals surface area contributed by atoms with E-state index >= 15 is 0 Å². The highest BCUT2D eigenvalue weighted by Gasteiger charge is 2.28. The second kappa shape index (κ2) is 12.1. The molecule has 2 aromatic carbocycles. The summed E-state index contributed by atoms with van der Waals surface area (Å²) in [4.78, 5) is 26.3. The maximum atomic E-state index is 11.6. The van der Waals surface area contributed by atoms with E-state index in [1.165, 1.54) is 12.1 Å². The molecule has 1 aliphatic heterocycles. The van der Waals surface area contributed by atoms with Crippen LogP contribution in [0, 0.1) is 20.2 Å². The topological polar surface area (TPSA) is 130 Å². The molecule has 0 radical (unpaired) electrons. The summed E-state index contributed by atoms with van der Waals surface area (Å²) in [7, 11) is 0. The Kier molecular flexibility index (Phi) is 8.98. The summed E-state index contributed by atoms with van der Waals surface area (Å²) < 4.78 is 22.6. The molecule has 1 heterocycles. The highest BCUT2D eigenvalue weighted by molar-refractivity contribution is 5.71. The van der Waals surface area contributed by atoms with E-state index in [2.05, 4.69) is 9.80 Å². The van der Waals surface area contributed by atoms with Crippen LogP contribution in [0.15, 0.2) is 24.3 Å². The zero-order valence-corrected chi connectivity index (χ0v) is 21.0. The van der Waals surface area contributed by atoms with E-state index in [1.54, 1.807) is 26.0 Å². The minimum Gasteiger partial charge on any atom is -0.491 e. The van der Waals surface area contributed by atoms with Gasteiger partial charge in [-0.15, -0.1) is 0 Å². The molecule has 12 heteroatoms. The average molecular weight is 505 g/mol. The van der Waals surface area contributed by atoms with Crippen molar-refractivity contribution in [3.63, 3.8) is 0 Å². The average Bonchev–Trinajstić information content (AvgIpc) is 2.86. The maximum absolute atomic E-state index is 11.6.